The largest absolute Gasteiger partial charge is 0.486 e. The molecule has 3 aliphatic heterocycles. The smallest absolute Gasteiger partial charge is 0.266 e. The van der Waals surface area contributed by atoms with Gasteiger partial charge in [-0.2, -0.15) is 4.39 Å². The van der Waals surface area contributed by atoms with Gasteiger partial charge in [0.1, 0.15) is 23.4 Å². The van der Waals surface area contributed by atoms with Crippen molar-refractivity contribution >= 4 is 11.9 Å². The molecule has 0 aliphatic carbocycles. The fourth-order valence-corrected chi connectivity index (χ4v) is 4.36. The van der Waals surface area contributed by atoms with Crippen molar-refractivity contribution in [2.75, 3.05) is 20.3 Å². The zero-order chi connectivity index (χ0) is 22.7. The quantitative estimate of drug-likeness (QED) is 0.621. The van der Waals surface area contributed by atoms with Gasteiger partial charge in [0, 0.05) is 29.9 Å². The molecule has 33 heavy (non-hydrogen) atoms. The maximum Gasteiger partial charge on any atom is 0.266 e. The predicted octanol–water partition coefficient (Wildman–Crippen LogP) is 2.80. The molecule has 1 atom stereocenters. The highest BCUT2D eigenvalue weighted by atomic mass is 19.1. The van der Waals surface area contributed by atoms with Crippen LogP contribution in [0.3, 0.4) is 0 Å². The number of halogens is 1. The van der Waals surface area contributed by atoms with E-state index >= 15 is 0 Å². The second-order valence-electron chi connectivity index (χ2n) is 8.13. The van der Waals surface area contributed by atoms with Crippen molar-refractivity contribution in [2.24, 2.45) is 10.7 Å². The van der Waals surface area contributed by atoms with Gasteiger partial charge < -0.3 is 19.9 Å². The van der Waals surface area contributed by atoms with E-state index in [9.17, 15) is 9.18 Å². The number of aromatic nitrogens is 1. The Morgan fingerprint density at radius 3 is 2.58 bits per heavy atom. The summed E-state index contributed by atoms with van der Waals surface area (Å²) in [5.41, 5.74) is 6.45. The zero-order valence-corrected chi connectivity index (χ0v) is 17.6. The standard InChI is InChI=1S/C24H19FN4O4/c1-29-22(30)24(28-23(29)26)17-9-13(16-3-2-8-27-21(16)25)4-6-19(17)33-20-7-5-14(10-18(20)24)32-15-11-31-12-15/h2-10,15H,11-12H2,1H3,(H2,26,28). The van der Waals surface area contributed by atoms with Gasteiger partial charge in [-0.05, 0) is 48.0 Å². The SMILES string of the molecule is CN1C(=O)C2(N=C1N)c1cc(OC3COC3)ccc1Oc1ccc(-c3cccnc3F)cc12. The van der Waals surface area contributed by atoms with Crippen molar-refractivity contribution < 1.29 is 23.4 Å². The number of amides is 1. The van der Waals surface area contributed by atoms with Crippen LogP contribution in [0.1, 0.15) is 11.1 Å². The van der Waals surface area contributed by atoms with Crippen molar-refractivity contribution in [1.29, 1.82) is 0 Å². The number of carbonyl (C=O) groups is 1. The fraction of sp³-hybridized carbons (Fsp3) is 0.208. The summed E-state index contributed by atoms with van der Waals surface area (Å²) in [6, 6.07) is 13.7. The Hall–Kier alpha value is -3.98. The maximum absolute atomic E-state index is 14.4. The van der Waals surface area contributed by atoms with Crippen LogP contribution < -0.4 is 15.2 Å². The lowest BCUT2D eigenvalue weighted by atomic mass is 9.79. The minimum Gasteiger partial charge on any atom is -0.486 e. The summed E-state index contributed by atoms with van der Waals surface area (Å²) in [6.07, 6.45) is 1.33. The third-order valence-corrected chi connectivity index (χ3v) is 6.15. The van der Waals surface area contributed by atoms with Crippen LogP contribution in [0.4, 0.5) is 4.39 Å². The van der Waals surface area contributed by atoms with Gasteiger partial charge in [-0.3, -0.25) is 9.69 Å². The molecule has 8 nitrogen and oxygen atoms in total. The first-order valence-corrected chi connectivity index (χ1v) is 10.4. The van der Waals surface area contributed by atoms with Gasteiger partial charge in [0.25, 0.3) is 5.91 Å². The first-order valence-electron chi connectivity index (χ1n) is 10.4. The summed E-state index contributed by atoms with van der Waals surface area (Å²) in [4.78, 5) is 23.3. The highest BCUT2D eigenvalue weighted by molar-refractivity contribution is 6.10. The summed E-state index contributed by atoms with van der Waals surface area (Å²) >= 11 is 0. The molecule has 1 saturated heterocycles. The summed E-state index contributed by atoms with van der Waals surface area (Å²) < 4.78 is 31.7. The minimum absolute atomic E-state index is 0.0496. The van der Waals surface area contributed by atoms with Crippen LogP contribution in [0.2, 0.25) is 0 Å². The van der Waals surface area contributed by atoms with E-state index < -0.39 is 11.5 Å². The number of ether oxygens (including phenoxy) is 3. The lowest BCUT2D eigenvalue weighted by molar-refractivity contribution is -0.129. The molecule has 1 unspecified atom stereocenters. The number of likely N-dealkylation sites (N-methyl/N-ethyl adjacent to an activating group) is 1. The summed E-state index contributed by atoms with van der Waals surface area (Å²) in [6.45, 7) is 1.02. The molecule has 0 bridgehead atoms. The Bertz CT molecular complexity index is 1340. The van der Waals surface area contributed by atoms with E-state index in [1.807, 2.05) is 0 Å². The number of rotatable bonds is 3. The van der Waals surface area contributed by atoms with Crippen molar-refractivity contribution in [2.45, 2.75) is 11.6 Å². The van der Waals surface area contributed by atoms with Gasteiger partial charge in [-0.25, -0.2) is 9.98 Å². The third kappa shape index (κ3) is 2.82. The zero-order valence-electron chi connectivity index (χ0n) is 17.6. The number of benzene rings is 2. The second kappa shape index (κ2) is 7.01. The maximum atomic E-state index is 14.4. The molecular weight excluding hydrogens is 427 g/mol. The van der Waals surface area contributed by atoms with Crippen LogP contribution in [0, 0.1) is 5.95 Å². The number of nitrogens with zero attached hydrogens (tertiary/aromatic N) is 3. The Morgan fingerprint density at radius 2 is 1.91 bits per heavy atom. The number of carbonyl (C=O) groups excluding carboxylic acids is 1. The molecule has 3 aromatic rings. The van der Waals surface area contributed by atoms with Gasteiger partial charge in [-0.15, -0.1) is 0 Å². The van der Waals surface area contributed by atoms with Crippen LogP contribution in [-0.2, 0) is 15.1 Å². The number of pyridine rings is 1. The molecule has 1 aromatic heterocycles. The Kier molecular flexibility index (Phi) is 4.18. The number of nitrogens with two attached hydrogens (primary N) is 1. The average Bonchev–Trinajstić information content (AvgIpc) is 3.02. The van der Waals surface area contributed by atoms with E-state index in [-0.39, 0.29) is 18.0 Å². The highest BCUT2D eigenvalue weighted by Crippen LogP contribution is 2.53. The molecule has 166 valence electrons. The Balaban J connectivity index is 1.56. The molecule has 1 spiro atoms. The van der Waals surface area contributed by atoms with E-state index in [1.165, 1.54) is 11.1 Å². The Morgan fingerprint density at radius 1 is 1.15 bits per heavy atom. The molecule has 2 N–H and O–H groups in total. The van der Waals surface area contributed by atoms with Crippen molar-refractivity contribution in [3.8, 4) is 28.4 Å². The number of hydrogen-bond donors (Lipinski definition) is 1. The van der Waals surface area contributed by atoms with Gasteiger partial charge in [-0.1, -0.05) is 6.07 Å². The lowest BCUT2D eigenvalue weighted by Crippen LogP contribution is -2.42. The molecular formula is C24H19FN4O4. The Labute approximate surface area is 188 Å². The summed E-state index contributed by atoms with van der Waals surface area (Å²) in [7, 11) is 1.57. The number of fused-ring (bicyclic) bond motifs is 4. The summed E-state index contributed by atoms with van der Waals surface area (Å²) in [5, 5.41) is 0. The first-order chi connectivity index (χ1) is 16.0. The van der Waals surface area contributed by atoms with E-state index in [1.54, 1.807) is 55.6 Å². The fourth-order valence-electron chi connectivity index (χ4n) is 4.36. The van der Waals surface area contributed by atoms with Crippen molar-refractivity contribution in [3.63, 3.8) is 0 Å². The highest BCUT2D eigenvalue weighted by Gasteiger charge is 2.54. The molecule has 3 aliphatic rings. The topological polar surface area (TPSA) is 99.3 Å². The third-order valence-electron chi connectivity index (χ3n) is 6.15. The van der Waals surface area contributed by atoms with Crippen LogP contribution in [-0.4, -0.2) is 48.1 Å². The lowest BCUT2D eigenvalue weighted by Gasteiger charge is -2.34. The first kappa shape index (κ1) is 19.7. The van der Waals surface area contributed by atoms with Crippen LogP contribution >= 0.6 is 0 Å². The van der Waals surface area contributed by atoms with Gasteiger partial charge in [0.05, 0.1) is 13.2 Å². The van der Waals surface area contributed by atoms with E-state index in [0.29, 0.717) is 52.7 Å². The molecule has 2 aromatic carbocycles. The van der Waals surface area contributed by atoms with E-state index in [4.69, 9.17) is 19.9 Å². The second-order valence-corrected chi connectivity index (χ2v) is 8.13. The molecule has 1 fully saturated rings. The number of hydrogen-bond acceptors (Lipinski definition) is 7. The van der Waals surface area contributed by atoms with Crippen molar-refractivity contribution in [1.82, 2.24) is 9.88 Å². The van der Waals surface area contributed by atoms with Gasteiger partial charge >= 0.3 is 0 Å². The number of aliphatic imine (C=N–C) groups is 1. The van der Waals surface area contributed by atoms with Crippen LogP contribution in [0.5, 0.6) is 17.2 Å². The molecule has 6 rings (SSSR count). The van der Waals surface area contributed by atoms with Crippen LogP contribution in [0.15, 0.2) is 59.7 Å². The van der Waals surface area contributed by atoms with E-state index in [2.05, 4.69) is 9.98 Å². The molecule has 9 heteroatoms. The molecule has 1 amide bonds. The average molecular weight is 446 g/mol. The van der Waals surface area contributed by atoms with Crippen molar-refractivity contribution in [3.05, 3.63) is 71.8 Å². The van der Waals surface area contributed by atoms with Gasteiger partial charge in [0.2, 0.25) is 11.5 Å². The minimum atomic E-state index is -1.48. The predicted molar refractivity (Wildman–Crippen MR) is 117 cm³/mol. The van der Waals surface area contributed by atoms with E-state index in [0.717, 1.165) is 0 Å². The van der Waals surface area contributed by atoms with Gasteiger partial charge in [0.15, 0.2) is 5.96 Å². The molecule has 0 saturated carbocycles. The monoisotopic (exact) mass is 446 g/mol. The normalized spacial score (nSPS) is 21.2. The molecule has 0 radical (unpaired) electrons. The van der Waals surface area contributed by atoms with Crippen LogP contribution in [0.25, 0.3) is 11.1 Å². The molecule has 4 heterocycles. The number of guanidine groups is 1. The summed E-state index contributed by atoms with van der Waals surface area (Å²) in [5.74, 6) is 0.616.